The van der Waals surface area contributed by atoms with Crippen LogP contribution in [0, 0.1) is 0 Å². The van der Waals surface area contributed by atoms with Gasteiger partial charge in [-0.1, -0.05) is 0 Å². The van der Waals surface area contributed by atoms with Crippen molar-refractivity contribution in [1.29, 1.82) is 0 Å². The van der Waals surface area contributed by atoms with Crippen molar-refractivity contribution in [2.75, 3.05) is 13.1 Å². The zero-order chi connectivity index (χ0) is 15.0. The van der Waals surface area contributed by atoms with Crippen molar-refractivity contribution < 1.29 is 14.7 Å². The second-order valence-corrected chi connectivity index (χ2v) is 5.20. The molecule has 1 fully saturated rings. The number of hydrogen-bond donors (Lipinski definition) is 2. The van der Waals surface area contributed by atoms with Gasteiger partial charge in [0.2, 0.25) is 0 Å². The van der Waals surface area contributed by atoms with Crippen molar-refractivity contribution >= 4 is 22.9 Å². The van der Waals surface area contributed by atoms with Crippen LogP contribution in [0.25, 0.3) is 11.0 Å². The minimum absolute atomic E-state index is 0.0136. The fraction of sp³-hybridized carbons (Fsp3) is 0.286. The molecule has 1 unspecified atom stereocenters. The van der Waals surface area contributed by atoms with E-state index in [1.54, 1.807) is 30.6 Å². The maximum absolute atomic E-state index is 12.4. The number of hydrogen-bond acceptors (Lipinski definition) is 5. The predicted molar refractivity (Wildman–Crippen MR) is 74.6 cm³/mol. The van der Waals surface area contributed by atoms with Crippen molar-refractivity contribution in [2.45, 2.75) is 12.0 Å². The Morgan fingerprint density at radius 2 is 1.95 bits per heavy atom. The number of aromatic nitrogens is 2. The van der Waals surface area contributed by atoms with E-state index in [-0.39, 0.29) is 18.9 Å². The first-order valence-corrected chi connectivity index (χ1v) is 6.52. The first-order valence-electron chi connectivity index (χ1n) is 6.52. The summed E-state index contributed by atoms with van der Waals surface area (Å²) in [7, 11) is 0. The Labute approximate surface area is 120 Å². The number of aliphatic carboxylic acids is 1. The SMILES string of the molecule is NC1(C(=O)O)CCN(C(=O)c2ccc3nccnc3c2)C1. The molecule has 1 aliphatic rings. The second kappa shape index (κ2) is 4.78. The molecule has 108 valence electrons. The molecule has 1 aromatic heterocycles. The summed E-state index contributed by atoms with van der Waals surface area (Å²) in [6.07, 6.45) is 3.39. The van der Waals surface area contributed by atoms with Crippen LogP contribution in [-0.4, -0.2) is 50.5 Å². The molecule has 3 rings (SSSR count). The van der Waals surface area contributed by atoms with Gasteiger partial charge in [0.05, 0.1) is 11.0 Å². The molecule has 0 radical (unpaired) electrons. The van der Waals surface area contributed by atoms with Crippen LogP contribution >= 0.6 is 0 Å². The highest BCUT2D eigenvalue weighted by Crippen LogP contribution is 2.22. The van der Waals surface area contributed by atoms with E-state index in [0.29, 0.717) is 23.1 Å². The van der Waals surface area contributed by atoms with Crippen LogP contribution < -0.4 is 5.73 Å². The molecule has 21 heavy (non-hydrogen) atoms. The number of nitrogens with zero attached hydrogens (tertiary/aromatic N) is 3. The molecular weight excluding hydrogens is 272 g/mol. The molecule has 0 spiro atoms. The topological polar surface area (TPSA) is 109 Å². The number of rotatable bonds is 2. The highest BCUT2D eigenvalue weighted by Gasteiger charge is 2.43. The normalized spacial score (nSPS) is 21.7. The fourth-order valence-corrected chi connectivity index (χ4v) is 2.46. The zero-order valence-electron chi connectivity index (χ0n) is 11.2. The lowest BCUT2D eigenvalue weighted by molar-refractivity contribution is -0.142. The van der Waals surface area contributed by atoms with Gasteiger partial charge in [0, 0.05) is 31.0 Å². The first kappa shape index (κ1) is 13.4. The molecule has 2 heterocycles. The van der Waals surface area contributed by atoms with Crippen molar-refractivity contribution in [2.24, 2.45) is 5.73 Å². The van der Waals surface area contributed by atoms with E-state index in [1.807, 2.05) is 0 Å². The Morgan fingerprint density at radius 3 is 2.62 bits per heavy atom. The Balaban J connectivity index is 1.86. The summed E-state index contributed by atoms with van der Waals surface area (Å²) in [5.41, 5.74) is 6.21. The van der Waals surface area contributed by atoms with Gasteiger partial charge in [0.15, 0.2) is 0 Å². The summed E-state index contributed by atoms with van der Waals surface area (Å²) < 4.78 is 0. The lowest BCUT2D eigenvalue weighted by atomic mass is 10.0. The zero-order valence-corrected chi connectivity index (χ0v) is 11.2. The predicted octanol–water partition coefficient (Wildman–Crippen LogP) is 0.258. The molecule has 1 atom stereocenters. The molecule has 0 aliphatic carbocycles. The van der Waals surface area contributed by atoms with Gasteiger partial charge < -0.3 is 15.7 Å². The van der Waals surface area contributed by atoms with E-state index < -0.39 is 11.5 Å². The lowest BCUT2D eigenvalue weighted by Crippen LogP contribution is -2.50. The summed E-state index contributed by atoms with van der Waals surface area (Å²) in [6.45, 7) is 0.347. The molecule has 0 saturated carbocycles. The molecule has 1 saturated heterocycles. The summed E-state index contributed by atoms with van der Waals surface area (Å²) in [4.78, 5) is 33.3. The van der Waals surface area contributed by atoms with Crippen LogP contribution in [-0.2, 0) is 4.79 Å². The van der Waals surface area contributed by atoms with Gasteiger partial charge in [-0.25, -0.2) is 0 Å². The number of carboxylic acid groups (broad SMARTS) is 1. The van der Waals surface area contributed by atoms with Gasteiger partial charge in [0.25, 0.3) is 5.91 Å². The van der Waals surface area contributed by atoms with Crippen molar-refractivity contribution in [3.8, 4) is 0 Å². The van der Waals surface area contributed by atoms with E-state index >= 15 is 0 Å². The number of amides is 1. The maximum Gasteiger partial charge on any atom is 0.325 e. The van der Waals surface area contributed by atoms with E-state index in [4.69, 9.17) is 10.8 Å². The van der Waals surface area contributed by atoms with E-state index in [2.05, 4.69) is 9.97 Å². The monoisotopic (exact) mass is 286 g/mol. The number of carboxylic acids is 1. The van der Waals surface area contributed by atoms with Crippen LogP contribution in [0.1, 0.15) is 16.8 Å². The number of nitrogens with two attached hydrogens (primary N) is 1. The average molecular weight is 286 g/mol. The largest absolute Gasteiger partial charge is 0.480 e. The molecule has 1 aliphatic heterocycles. The van der Waals surface area contributed by atoms with Gasteiger partial charge >= 0.3 is 5.97 Å². The van der Waals surface area contributed by atoms with Gasteiger partial charge in [0.1, 0.15) is 5.54 Å². The minimum Gasteiger partial charge on any atom is -0.480 e. The third-order valence-corrected chi connectivity index (χ3v) is 3.73. The number of carbonyl (C=O) groups is 2. The highest BCUT2D eigenvalue weighted by atomic mass is 16.4. The second-order valence-electron chi connectivity index (χ2n) is 5.20. The highest BCUT2D eigenvalue weighted by molar-refractivity contribution is 5.98. The third-order valence-electron chi connectivity index (χ3n) is 3.73. The first-order chi connectivity index (χ1) is 9.99. The molecule has 1 aromatic carbocycles. The number of likely N-dealkylation sites (tertiary alicyclic amines) is 1. The Bertz CT molecular complexity index is 733. The summed E-state index contributed by atoms with van der Waals surface area (Å²) in [5.74, 6) is -1.32. The Kier molecular flexibility index (Phi) is 3.06. The molecule has 3 N–H and O–H groups in total. The molecule has 0 bridgehead atoms. The van der Waals surface area contributed by atoms with Crippen molar-refractivity contribution in [3.63, 3.8) is 0 Å². The van der Waals surface area contributed by atoms with Gasteiger partial charge in [-0.3, -0.25) is 19.6 Å². The molecular formula is C14H14N4O3. The molecule has 7 heteroatoms. The van der Waals surface area contributed by atoms with Gasteiger partial charge in [-0.15, -0.1) is 0 Å². The van der Waals surface area contributed by atoms with E-state index in [1.165, 1.54) is 4.90 Å². The molecule has 7 nitrogen and oxygen atoms in total. The van der Waals surface area contributed by atoms with Gasteiger partial charge in [-0.2, -0.15) is 0 Å². The number of carbonyl (C=O) groups excluding carboxylic acids is 1. The van der Waals surface area contributed by atoms with Crippen LogP contribution in [0.2, 0.25) is 0 Å². The number of benzene rings is 1. The van der Waals surface area contributed by atoms with Crippen LogP contribution in [0.15, 0.2) is 30.6 Å². The summed E-state index contributed by atoms with van der Waals surface area (Å²) in [6, 6.07) is 5.04. The van der Waals surface area contributed by atoms with Gasteiger partial charge in [-0.05, 0) is 24.6 Å². The lowest BCUT2D eigenvalue weighted by Gasteiger charge is -2.20. The summed E-state index contributed by atoms with van der Waals surface area (Å²) >= 11 is 0. The smallest absolute Gasteiger partial charge is 0.325 e. The average Bonchev–Trinajstić information content (AvgIpc) is 2.90. The van der Waals surface area contributed by atoms with Crippen molar-refractivity contribution in [1.82, 2.24) is 14.9 Å². The maximum atomic E-state index is 12.4. The quantitative estimate of drug-likeness (QED) is 0.819. The van der Waals surface area contributed by atoms with E-state index in [0.717, 1.165) is 0 Å². The standard InChI is InChI=1S/C14H14N4O3/c15-14(13(20)21)3-6-18(8-14)12(19)9-1-2-10-11(7-9)17-5-4-16-10/h1-2,4-5,7H,3,6,8,15H2,(H,20,21). The third kappa shape index (κ3) is 2.31. The van der Waals surface area contributed by atoms with Crippen LogP contribution in [0.4, 0.5) is 0 Å². The summed E-state index contributed by atoms with van der Waals surface area (Å²) in [5, 5.41) is 9.10. The van der Waals surface area contributed by atoms with Crippen LogP contribution in [0.5, 0.6) is 0 Å². The van der Waals surface area contributed by atoms with Crippen LogP contribution in [0.3, 0.4) is 0 Å². The minimum atomic E-state index is -1.35. The Hall–Kier alpha value is -2.54. The number of fused-ring (bicyclic) bond motifs is 1. The Morgan fingerprint density at radius 1 is 1.24 bits per heavy atom. The van der Waals surface area contributed by atoms with E-state index in [9.17, 15) is 9.59 Å². The molecule has 2 aromatic rings. The van der Waals surface area contributed by atoms with Crippen molar-refractivity contribution in [3.05, 3.63) is 36.2 Å². The fourth-order valence-electron chi connectivity index (χ4n) is 2.46. The molecule has 1 amide bonds.